The Balaban J connectivity index is 2.85. The van der Waals surface area contributed by atoms with Crippen LogP contribution in [0.3, 0.4) is 0 Å². The first kappa shape index (κ1) is 16.0. The summed E-state index contributed by atoms with van der Waals surface area (Å²) in [5.41, 5.74) is 5.06. The van der Waals surface area contributed by atoms with Crippen molar-refractivity contribution >= 4 is 0 Å². The molecule has 0 spiro atoms. The lowest BCUT2D eigenvalue weighted by atomic mass is 9.97. The molecule has 1 aromatic rings. The van der Waals surface area contributed by atoms with Gasteiger partial charge < -0.3 is 11.1 Å². The number of hydrogen-bond donors (Lipinski definition) is 2. The monoisotopic (exact) mass is 274 g/mol. The van der Waals surface area contributed by atoms with Crippen molar-refractivity contribution in [3.8, 4) is 0 Å². The van der Waals surface area contributed by atoms with Gasteiger partial charge in [-0.2, -0.15) is 8.78 Å². The Morgan fingerprint density at radius 1 is 1.32 bits per heavy atom. The van der Waals surface area contributed by atoms with Gasteiger partial charge in [0.2, 0.25) is 0 Å². The molecule has 0 aliphatic rings. The second kappa shape index (κ2) is 6.91. The van der Waals surface area contributed by atoms with E-state index in [2.05, 4.69) is 5.32 Å². The molecule has 0 amide bonds. The molecule has 0 fully saturated rings. The standard InChI is InChI=1S/C14H21F3N2/c1-10(2)11-5-3-6-12(13(11)15)14(16,17)9-19-8-4-7-18/h3,5-6,10,19H,4,7-9,18H2,1-2H3. The number of rotatable bonds is 7. The topological polar surface area (TPSA) is 38.0 Å². The molecule has 0 aromatic heterocycles. The second-order valence-corrected chi connectivity index (χ2v) is 4.89. The minimum Gasteiger partial charge on any atom is -0.330 e. The maximum atomic E-state index is 14.1. The fourth-order valence-corrected chi connectivity index (χ4v) is 1.85. The molecule has 0 saturated heterocycles. The number of nitrogens with one attached hydrogen (secondary N) is 1. The van der Waals surface area contributed by atoms with E-state index in [1.165, 1.54) is 6.07 Å². The molecular weight excluding hydrogens is 253 g/mol. The third-order valence-corrected chi connectivity index (χ3v) is 2.95. The Morgan fingerprint density at radius 2 is 2.00 bits per heavy atom. The van der Waals surface area contributed by atoms with Crippen LogP contribution in [0.1, 0.15) is 37.3 Å². The van der Waals surface area contributed by atoms with E-state index in [0.29, 0.717) is 25.1 Å². The zero-order chi connectivity index (χ0) is 14.5. The van der Waals surface area contributed by atoms with Gasteiger partial charge >= 0.3 is 0 Å². The van der Waals surface area contributed by atoms with Crippen molar-refractivity contribution in [3.05, 3.63) is 35.1 Å². The van der Waals surface area contributed by atoms with Gasteiger partial charge in [0.05, 0.1) is 12.1 Å². The number of alkyl halides is 2. The van der Waals surface area contributed by atoms with Crippen LogP contribution in [0.15, 0.2) is 18.2 Å². The minimum atomic E-state index is -3.22. The molecule has 2 nitrogen and oxygen atoms in total. The van der Waals surface area contributed by atoms with E-state index in [9.17, 15) is 13.2 Å². The Labute approximate surface area is 112 Å². The highest BCUT2D eigenvalue weighted by Gasteiger charge is 2.35. The molecule has 0 heterocycles. The third kappa shape index (κ3) is 4.21. The summed E-state index contributed by atoms with van der Waals surface area (Å²) < 4.78 is 42.0. The SMILES string of the molecule is CC(C)c1cccc(C(F)(F)CNCCCN)c1F. The van der Waals surface area contributed by atoms with E-state index in [1.54, 1.807) is 19.9 Å². The Bertz CT molecular complexity index is 406. The molecule has 1 rings (SSSR count). The largest absolute Gasteiger partial charge is 0.330 e. The summed E-state index contributed by atoms with van der Waals surface area (Å²) in [6.45, 7) is 3.82. The molecule has 0 unspecified atom stereocenters. The van der Waals surface area contributed by atoms with Gasteiger partial charge in [0, 0.05) is 0 Å². The normalized spacial score (nSPS) is 12.2. The molecule has 3 N–H and O–H groups in total. The molecule has 19 heavy (non-hydrogen) atoms. The molecule has 0 radical (unpaired) electrons. The number of benzene rings is 1. The highest BCUT2D eigenvalue weighted by molar-refractivity contribution is 5.31. The van der Waals surface area contributed by atoms with E-state index in [0.717, 1.165) is 6.07 Å². The molecule has 0 atom stereocenters. The number of hydrogen-bond acceptors (Lipinski definition) is 2. The Hall–Kier alpha value is -1.07. The van der Waals surface area contributed by atoms with Crippen molar-refractivity contribution in [2.24, 2.45) is 5.73 Å². The first-order chi connectivity index (χ1) is 8.90. The predicted molar refractivity (Wildman–Crippen MR) is 70.9 cm³/mol. The van der Waals surface area contributed by atoms with Crippen LogP contribution in [0.25, 0.3) is 0 Å². The van der Waals surface area contributed by atoms with E-state index < -0.39 is 23.8 Å². The maximum Gasteiger partial charge on any atom is 0.288 e. The van der Waals surface area contributed by atoms with Crippen molar-refractivity contribution in [1.82, 2.24) is 5.32 Å². The van der Waals surface area contributed by atoms with Crippen LogP contribution >= 0.6 is 0 Å². The van der Waals surface area contributed by atoms with Crippen molar-refractivity contribution in [2.45, 2.75) is 32.1 Å². The number of nitrogens with two attached hydrogens (primary N) is 1. The fraction of sp³-hybridized carbons (Fsp3) is 0.571. The fourth-order valence-electron chi connectivity index (χ4n) is 1.85. The van der Waals surface area contributed by atoms with Crippen LogP contribution in [0.4, 0.5) is 13.2 Å². The smallest absolute Gasteiger partial charge is 0.288 e. The Kier molecular flexibility index (Phi) is 5.82. The lowest BCUT2D eigenvalue weighted by Gasteiger charge is -2.20. The average Bonchev–Trinajstić information content (AvgIpc) is 2.34. The molecule has 0 bridgehead atoms. The number of halogens is 3. The van der Waals surface area contributed by atoms with Crippen LogP contribution < -0.4 is 11.1 Å². The molecule has 0 saturated carbocycles. The zero-order valence-corrected chi connectivity index (χ0v) is 11.3. The highest BCUT2D eigenvalue weighted by Crippen LogP contribution is 2.32. The van der Waals surface area contributed by atoms with Gasteiger partial charge in [0.1, 0.15) is 5.82 Å². The molecule has 0 aliphatic heterocycles. The first-order valence-corrected chi connectivity index (χ1v) is 6.47. The lowest BCUT2D eigenvalue weighted by Crippen LogP contribution is -2.33. The van der Waals surface area contributed by atoms with Crippen LogP contribution in [0.2, 0.25) is 0 Å². The van der Waals surface area contributed by atoms with Gasteiger partial charge in [-0.3, -0.25) is 0 Å². The van der Waals surface area contributed by atoms with Crippen molar-refractivity contribution in [2.75, 3.05) is 19.6 Å². The van der Waals surface area contributed by atoms with Gasteiger partial charge in [0.25, 0.3) is 5.92 Å². The summed E-state index contributed by atoms with van der Waals surface area (Å²) in [6.07, 6.45) is 0.616. The highest BCUT2D eigenvalue weighted by atomic mass is 19.3. The Morgan fingerprint density at radius 3 is 2.58 bits per heavy atom. The summed E-state index contributed by atoms with van der Waals surface area (Å²) in [4.78, 5) is 0. The molecule has 5 heteroatoms. The van der Waals surface area contributed by atoms with Gasteiger partial charge in [-0.25, -0.2) is 4.39 Å². The maximum absolute atomic E-state index is 14.1. The quantitative estimate of drug-likeness (QED) is 0.750. The van der Waals surface area contributed by atoms with Gasteiger partial charge in [0.15, 0.2) is 0 Å². The third-order valence-electron chi connectivity index (χ3n) is 2.95. The minimum absolute atomic E-state index is 0.124. The van der Waals surface area contributed by atoms with E-state index in [1.807, 2.05) is 0 Å². The van der Waals surface area contributed by atoms with Crippen LogP contribution in [-0.2, 0) is 5.92 Å². The van der Waals surface area contributed by atoms with E-state index in [4.69, 9.17) is 5.73 Å². The van der Waals surface area contributed by atoms with Crippen molar-refractivity contribution < 1.29 is 13.2 Å². The molecule has 108 valence electrons. The summed E-state index contributed by atoms with van der Waals surface area (Å²) in [6, 6.07) is 4.16. The zero-order valence-electron chi connectivity index (χ0n) is 11.3. The summed E-state index contributed by atoms with van der Waals surface area (Å²) in [5, 5.41) is 2.60. The van der Waals surface area contributed by atoms with Crippen LogP contribution in [0, 0.1) is 5.82 Å². The van der Waals surface area contributed by atoms with Gasteiger partial charge in [-0.05, 0) is 31.0 Å². The van der Waals surface area contributed by atoms with E-state index >= 15 is 0 Å². The lowest BCUT2D eigenvalue weighted by molar-refractivity contribution is -0.00654. The van der Waals surface area contributed by atoms with Gasteiger partial charge in [-0.1, -0.05) is 32.0 Å². The van der Waals surface area contributed by atoms with Crippen molar-refractivity contribution in [1.29, 1.82) is 0 Å². The average molecular weight is 274 g/mol. The summed E-state index contributed by atoms with van der Waals surface area (Å²) in [7, 11) is 0. The van der Waals surface area contributed by atoms with Crippen molar-refractivity contribution in [3.63, 3.8) is 0 Å². The molecular formula is C14H21F3N2. The van der Waals surface area contributed by atoms with Gasteiger partial charge in [-0.15, -0.1) is 0 Å². The predicted octanol–water partition coefficient (Wildman–Crippen LogP) is 2.98. The van der Waals surface area contributed by atoms with E-state index in [-0.39, 0.29) is 5.92 Å². The molecule has 1 aromatic carbocycles. The summed E-state index contributed by atoms with van der Waals surface area (Å²) >= 11 is 0. The van der Waals surface area contributed by atoms with Crippen LogP contribution in [0.5, 0.6) is 0 Å². The first-order valence-electron chi connectivity index (χ1n) is 6.47. The van der Waals surface area contributed by atoms with Crippen LogP contribution in [-0.4, -0.2) is 19.6 Å². The second-order valence-electron chi connectivity index (χ2n) is 4.89. The summed E-state index contributed by atoms with van der Waals surface area (Å²) in [5.74, 6) is -4.15. The molecule has 0 aliphatic carbocycles.